The molecule has 0 bridgehead atoms. The summed E-state index contributed by atoms with van der Waals surface area (Å²) < 4.78 is 53.1. The lowest BCUT2D eigenvalue weighted by molar-refractivity contribution is -0.140. The summed E-state index contributed by atoms with van der Waals surface area (Å²) in [4.78, 5) is 16.1. The van der Waals surface area contributed by atoms with Gasteiger partial charge in [-0.05, 0) is 74.2 Å². The summed E-state index contributed by atoms with van der Waals surface area (Å²) in [5.74, 6) is -0.706. The van der Waals surface area contributed by atoms with Crippen LogP contribution in [0.25, 0.3) is 10.9 Å². The van der Waals surface area contributed by atoms with E-state index >= 15 is 0 Å². The van der Waals surface area contributed by atoms with Gasteiger partial charge in [0, 0.05) is 28.7 Å². The Labute approximate surface area is 187 Å². The van der Waals surface area contributed by atoms with Crippen molar-refractivity contribution >= 4 is 22.5 Å². The van der Waals surface area contributed by atoms with Crippen molar-refractivity contribution in [1.29, 1.82) is 5.26 Å². The van der Waals surface area contributed by atoms with Gasteiger partial charge in [-0.25, -0.2) is 9.37 Å². The standard InChI is InChI=1S/C24H20F4N4O/c25-16-4-2-15(3-5-16)23(33)31-18-8-6-17(7-9-18)30-21-12-22(24(26,27)28)32-20-10-1-14(13-29)11-19(20)21/h1-5,10-12,17-18H,6-9H2,(H,30,32)(H,31,33). The van der Waals surface area contributed by atoms with Crippen LogP contribution in [-0.2, 0) is 6.18 Å². The molecule has 0 radical (unpaired) electrons. The van der Waals surface area contributed by atoms with Crippen molar-refractivity contribution in [1.82, 2.24) is 10.3 Å². The summed E-state index contributed by atoms with van der Waals surface area (Å²) >= 11 is 0. The Hall–Kier alpha value is -3.67. The first-order valence-corrected chi connectivity index (χ1v) is 10.5. The van der Waals surface area contributed by atoms with Crippen molar-refractivity contribution in [2.75, 3.05) is 5.32 Å². The van der Waals surface area contributed by atoms with Crippen LogP contribution in [0, 0.1) is 17.1 Å². The molecule has 1 amide bonds. The third kappa shape index (κ3) is 5.22. The SMILES string of the molecule is N#Cc1ccc2nc(C(F)(F)F)cc(NC3CCC(NC(=O)c4ccc(F)cc4)CC3)c2c1. The molecule has 1 aliphatic rings. The van der Waals surface area contributed by atoms with Crippen LogP contribution >= 0.6 is 0 Å². The van der Waals surface area contributed by atoms with Crippen LogP contribution in [0.3, 0.4) is 0 Å². The second-order valence-corrected chi connectivity index (χ2v) is 8.07. The molecule has 9 heteroatoms. The maximum atomic E-state index is 13.4. The van der Waals surface area contributed by atoms with Gasteiger partial charge in [-0.15, -0.1) is 0 Å². The minimum absolute atomic E-state index is 0.0780. The first kappa shape index (κ1) is 22.5. The molecular formula is C24H20F4N4O. The van der Waals surface area contributed by atoms with Gasteiger partial charge in [0.1, 0.15) is 11.5 Å². The summed E-state index contributed by atoms with van der Waals surface area (Å²) in [6.07, 6.45) is -2.04. The van der Waals surface area contributed by atoms with Crippen LogP contribution in [-0.4, -0.2) is 23.0 Å². The van der Waals surface area contributed by atoms with Crippen molar-refractivity contribution in [3.63, 3.8) is 0 Å². The topological polar surface area (TPSA) is 77.8 Å². The van der Waals surface area contributed by atoms with Gasteiger partial charge >= 0.3 is 6.18 Å². The van der Waals surface area contributed by atoms with E-state index in [4.69, 9.17) is 5.26 Å². The number of pyridine rings is 1. The lowest BCUT2D eigenvalue weighted by Crippen LogP contribution is -2.40. The van der Waals surface area contributed by atoms with Crippen molar-refractivity contribution in [3.8, 4) is 6.07 Å². The molecule has 1 aromatic heterocycles. The highest BCUT2D eigenvalue weighted by Crippen LogP contribution is 2.34. The van der Waals surface area contributed by atoms with Crippen molar-refractivity contribution < 1.29 is 22.4 Å². The minimum atomic E-state index is -4.60. The molecular weight excluding hydrogens is 436 g/mol. The van der Waals surface area contributed by atoms with E-state index in [9.17, 15) is 22.4 Å². The van der Waals surface area contributed by atoms with Crippen LogP contribution in [0.4, 0.5) is 23.2 Å². The van der Waals surface area contributed by atoms with E-state index in [-0.39, 0.29) is 29.2 Å². The van der Waals surface area contributed by atoms with E-state index in [1.165, 1.54) is 42.5 Å². The highest BCUT2D eigenvalue weighted by atomic mass is 19.4. The molecule has 4 rings (SSSR count). The predicted octanol–water partition coefficient (Wildman–Crippen LogP) is 5.42. The first-order chi connectivity index (χ1) is 15.7. The Morgan fingerprint density at radius 2 is 1.67 bits per heavy atom. The summed E-state index contributed by atoms with van der Waals surface area (Å²) in [6, 6.07) is 12.5. The molecule has 2 N–H and O–H groups in total. The third-order valence-corrected chi connectivity index (χ3v) is 5.76. The van der Waals surface area contributed by atoms with E-state index in [1.54, 1.807) is 0 Å². The quantitative estimate of drug-likeness (QED) is 0.514. The molecule has 1 saturated carbocycles. The van der Waals surface area contributed by atoms with Gasteiger partial charge in [0.2, 0.25) is 0 Å². The monoisotopic (exact) mass is 456 g/mol. The number of nitriles is 1. The number of carbonyl (C=O) groups is 1. The van der Waals surface area contributed by atoms with E-state index in [1.807, 2.05) is 6.07 Å². The van der Waals surface area contributed by atoms with Gasteiger partial charge in [0.25, 0.3) is 5.91 Å². The zero-order valence-electron chi connectivity index (χ0n) is 17.4. The van der Waals surface area contributed by atoms with E-state index in [0.717, 1.165) is 6.07 Å². The van der Waals surface area contributed by atoms with E-state index in [0.29, 0.717) is 42.2 Å². The number of hydrogen-bond donors (Lipinski definition) is 2. The molecule has 2 aromatic carbocycles. The van der Waals surface area contributed by atoms with E-state index < -0.39 is 17.7 Å². The van der Waals surface area contributed by atoms with Crippen LogP contribution < -0.4 is 10.6 Å². The maximum absolute atomic E-state index is 13.4. The number of halogens is 4. The van der Waals surface area contributed by atoms with Crippen LogP contribution in [0.2, 0.25) is 0 Å². The normalized spacial score (nSPS) is 18.5. The molecule has 0 saturated heterocycles. The van der Waals surface area contributed by atoms with Crippen molar-refractivity contribution in [2.45, 2.75) is 43.9 Å². The highest BCUT2D eigenvalue weighted by molar-refractivity contribution is 5.94. The molecule has 0 unspecified atom stereocenters. The number of amides is 1. The molecule has 170 valence electrons. The molecule has 1 fully saturated rings. The second kappa shape index (κ2) is 9.06. The fraction of sp³-hybridized carbons (Fsp3) is 0.292. The second-order valence-electron chi connectivity index (χ2n) is 8.07. The van der Waals surface area contributed by atoms with Crippen molar-refractivity contribution in [2.24, 2.45) is 0 Å². The molecule has 0 atom stereocenters. The van der Waals surface area contributed by atoms with E-state index in [2.05, 4.69) is 15.6 Å². The fourth-order valence-electron chi connectivity index (χ4n) is 4.03. The van der Waals surface area contributed by atoms with Gasteiger partial charge in [-0.3, -0.25) is 4.79 Å². The molecule has 0 aliphatic heterocycles. The number of benzene rings is 2. The summed E-state index contributed by atoms with van der Waals surface area (Å²) in [5, 5.41) is 15.7. The summed E-state index contributed by atoms with van der Waals surface area (Å²) in [5.41, 5.74) is 0.143. The molecule has 5 nitrogen and oxygen atoms in total. The van der Waals surface area contributed by atoms with Crippen LogP contribution in [0.15, 0.2) is 48.5 Å². The van der Waals surface area contributed by atoms with Gasteiger partial charge in [0.15, 0.2) is 0 Å². The first-order valence-electron chi connectivity index (χ1n) is 10.5. The summed E-state index contributed by atoms with van der Waals surface area (Å²) in [7, 11) is 0. The molecule has 1 aliphatic carbocycles. The molecule has 0 spiro atoms. The number of hydrogen-bond acceptors (Lipinski definition) is 4. The van der Waals surface area contributed by atoms with Gasteiger partial charge in [-0.1, -0.05) is 0 Å². The number of alkyl halides is 3. The lowest BCUT2D eigenvalue weighted by atomic mass is 9.90. The zero-order chi connectivity index (χ0) is 23.6. The number of nitrogens with zero attached hydrogens (tertiary/aromatic N) is 2. The van der Waals surface area contributed by atoms with Gasteiger partial charge < -0.3 is 10.6 Å². The number of fused-ring (bicyclic) bond motifs is 1. The maximum Gasteiger partial charge on any atom is 0.433 e. The predicted molar refractivity (Wildman–Crippen MR) is 115 cm³/mol. The lowest BCUT2D eigenvalue weighted by Gasteiger charge is -2.30. The number of anilines is 1. The molecule has 33 heavy (non-hydrogen) atoms. The largest absolute Gasteiger partial charge is 0.433 e. The average Bonchev–Trinajstić information content (AvgIpc) is 2.79. The minimum Gasteiger partial charge on any atom is -0.382 e. The number of rotatable bonds is 4. The number of nitrogens with one attached hydrogen (secondary N) is 2. The van der Waals surface area contributed by atoms with Gasteiger partial charge in [-0.2, -0.15) is 18.4 Å². The Bertz CT molecular complexity index is 1210. The summed E-state index contributed by atoms with van der Waals surface area (Å²) in [6.45, 7) is 0. The van der Waals surface area contributed by atoms with Crippen LogP contribution in [0.5, 0.6) is 0 Å². The Morgan fingerprint density at radius 1 is 1.00 bits per heavy atom. The molecule has 1 heterocycles. The number of carbonyl (C=O) groups excluding carboxylic acids is 1. The number of aromatic nitrogens is 1. The smallest absolute Gasteiger partial charge is 0.382 e. The van der Waals surface area contributed by atoms with Crippen LogP contribution in [0.1, 0.15) is 47.3 Å². The third-order valence-electron chi connectivity index (χ3n) is 5.76. The Kier molecular flexibility index (Phi) is 6.18. The fourth-order valence-corrected chi connectivity index (χ4v) is 4.03. The highest BCUT2D eigenvalue weighted by Gasteiger charge is 2.34. The Morgan fingerprint density at radius 3 is 2.30 bits per heavy atom. The average molecular weight is 456 g/mol. The zero-order valence-corrected chi connectivity index (χ0v) is 17.4. The molecule has 3 aromatic rings. The van der Waals surface area contributed by atoms with Gasteiger partial charge in [0.05, 0.1) is 17.1 Å². The Balaban J connectivity index is 1.46. The van der Waals surface area contributed by atoms with Crippen molar-refractivity contribution in [3.05, 3.63) is 71.2 Å².